The molecule has 3 aromatic carbocycles. The van der Waals surface area contributed by atoms with E-state index in [-0.39, 0.29) is 18.6 Å². The Morgan fingerprint density at radius 1 is 0.786 bits per heavy atom. The van der Waals surface area contributed by atoms with Gasteiger partial charge in [0.2, 0.25) is 23.6 Å². The topological polar surface area (TPSA) is 156 Å². The molecular formula is C43H45N5O6S2. The molecule has 1 spiro atoms. The number of amides is 4. The number of cyclic esters (lactones) is 1. The second-order valence-electron chi connectivity index (χ2n) is 13.8. The average Bonchev–Trinajstić information content (AvgIpc) is 4.01. The van der Waals surface area contributed by atoms with E-state index in [1.807, 2.05) is 60.7 Å². The molecule has 1 saturated carbocycles. The van der Waals surface area contributed by atoms with Crippen molar-refractivity contribution in [2.45, 2.75) is 60.6 Å². The monoisotopic (exact) mass is 791 g/mol. The summed E-state index contributed by atoms with van der Waals surface area (Å²) in [6.07, 6.45) is 6.86. The molecule has 6 rings (SSSR count). The van der Waals surface area contributed by atoms with Gasteiger partial charge in [0.05, 0.1) is 11.2 Å². The lowest BCUT2D eigenvalue weighted by Gasteiger charge is -2.35. The highest BCUT2D eigenvalue weighted by Gasteiger charge is 2.52. The van der Waals surface area contributed by atoms with E-state index >= 15 is 0 Å². The standard InChI is InChI=1S/C43H45N5O6S2/c49-37-27-34(18-10-11-25-56-43(31-12-4-1-5-13-31,32-14-6-2-7-15-32)33-16-8-3-9-17-33)54-38(50)28-45-41(53)42(21-22-42)48-40(52)36(29-55)47-39(51)35(46-37)26-30-19-23-44-24-20-30/h1-10,12-20,23-24,34-36,55H,11,21-22,25-29H2,(H,45,53)(H,46,49)(H,47,51)(H,48,52)/b18-10+/t34-,35-,36-/m1/s1. The van der Waals surface area contributed by atoms with Crippen LogP contribution in [-0.2, 0) is 39.9 Å². The van der Waals surface area contributed by atoms with Crippen molar-refractivity contribution in [2.75, 3.05) is 18.1 Å². The predicted molar refractivity (Wildman–Crippen MR) is 219 cm³/mol. The molecule has 1 aliphatic carbocycles. The molecule has 4 N–H and O–H groups in total. The number of hydrogen-bond donors (Lipinski definition) is 5. The van der Waals surface area contributed by atoms with Crippen molar-refractivity contribution in [1.82, 2.24) is 26.3 Å². The predicted octanol–water partition coefficient (Wildman–Crippen LogP) is 4.28. The van der Waals surface area contributed by atoms with Gasteiger partial charge in [0.1, 0.15) is 30.3 Å². The Bertz CT molecular complexity index is 1900. The molecule has 2 aliphatic rings. The summed E-state index contributed by atoms with van der Waals surface area (Å²) in [4.78, 5) is 70.7. The van der Waals surface area contributed by atoms with Crippen LogP contribution in [0.2, 0.25) is 0 Å². The van der Waals surface area contributed by atoms with Gasteiger partial charge < -0.3 is 26.0 Å². The molecule has 4 amide bonds. The highest BCUT2D eigenvalue weighted by Crippen LogP contribution is 2.48. The summed E-state index contributed by atoms with van der Waals surface area (Å²) in [6.45, 7) is -0.455. The fraction of sp³-hybridized carbons (Fsp3) is 0.302. The van der Waals surface area contributed by atoms with E-state index in [2.05, 4.69) is 75.3 Å². The van der Waals surface area contributed by atoms with Crippen molar-refractivity contribution < 1.29 is 28.7 Å². The first-order chi connectivity index (χ1) is 27.2. The minimum absolute atomic E-state index is 0.0498. The van der Waals surface area contributed by atoms with Crippen molar-refractivity contribution >= 4 is 54.0 Å². The number of nitrogens with zero attached hydrogens (tertiary/aromatic N) is 1. The molecule has 290 valence electrons. The molecule has 1 aromatic heterocycles. The molecule has 1 aliphatic heterocycles. The number of hydrogen-bond acceptors (Lipinski definition) is 9. The maximum atomic E-state index is 13.6. The van der Waals surface area contributed by atoms with E-state index in [1.165, 1.54) is 0 Å². The molecule has 56 heavy (non-hydrogen) atoms. The normalized spacial score (nSPS) is 20.7. The van der Waals surface area contributed by atoms with E-state index in [9.17, 15) is 24.0 Å². The minimum Gasteiger partial charge on any atom is -0.456 e. The van der Waals surface area contributed by atoms with Gasteiger partial charge in [-0.25, -0.2) is 0 Å². The van der Waals surface area contributed by atoms with Gasteiger partial charge in [0.15, 0.2) is 0 Å². The van der Waals surface area contributed by atoms with Crippen LogP contribution in [0.25, 0.3) is 0 Å². The second kappa shape index (κ2) is 19.0. The Hall–Kier alpha value is -5.40. The molecule has 4 aromatic rings. The average molecular weight is 792 g/mol. The summed E-state index contributed by atoms with van der Waals surface area (Å²) >= 11 is 6.06. The van der Waals surface area contributed by atoms with E-state index < -0.39 is 64.6 Å². The lowest BCUT2D eigenvalue weighted by Crippen LogP contribution is -2.59. The Labute approximate surface area is 336 Å². The smallest absolute Gasteiger partial charge is 0.326 e. The van der Waals surface area contributed by atoms with Crippen LogP contribution in [0.5, 0.6) is 0 Å². The highest BCUT2D eigenvalue weighted by atomic mass is 32.2. The lowest BCUT2D eigenvalue weighted by atomic mass is 9.84. The van der Waals surface area contributed by atoms with E-state index in [0.717, 1.165) is 22.3 Å². The number of carbonyl (C=O) groups is 5. The van der Waals surface area contributed by atoms with Crippen LogP contribution in [0.3, 0.4) is 0 Å². The number of rotatable bonds is 11. The number of thiol groups is 1. The third kappa shape index (κ3) is 10.1. The van der Waals surface area contributed by atoms with Crippen LogP contribution in [0, 0.1) is 0 Å². The van der Waals surface area contributed by atoms with Gasteiger partial charge in [0, 0.05) is 24.6 Å². The minimum atomic E-state index is -1.20. The van der Waals surface area contributed by atoms with E-state index in [0.29, 0.717) is 25.0 Å². The molecule has 1 saturated heterocycles. The molecule has 2 heterocycles. The molecule has 13 heteroatoms. The summed E-state index contributed by atoms with van der Waals surface area (Å²) in [6, 6.07) is 32.4. The van der Waals surface area contributed by atoms with Crippen LogP contribution in [-0.4, -0.2) is 76.4 Å². The van der Waals surface area contributed by atoms with Gasteiger partial charge in [-0.05, 0) is 65.5 Å². The van der Waals surface area contributed by atoms with Crippen LogP contribution >= 0.6 is 24.4 Å². The summed E-state index contributed by atoms with van der Waals surface area (Å²) in [5.41, 5.74) is 2.94. The Morgan fingerprint density at radius 2 is 1.38 bits per heavy atom. The maximum Gasteiger partial charge on any atom is 0.326 e. The summed E-state index contributed by atoms with van der Waals surface area (Å²) in [7, 11) is 0. The number of pyridine rings is 1. The van der Waals surface area contributed by atoms with Crippen LogP contribution in [0.4, 0.5) is 0 Å². The van der Waals surface area contributed by atoms with E-state index in [1.54, 1.807) is 42.4 Å². The number of ether oxygens (including phenoxy) is 1. The molecule has 0 unspecified atom stereocenters. The number of carbonyl (C=O) groups excluding carboxylic acids is 5. The zero-order chi connectivity index (χ0) is 39.4. The van der Waals surface area contributed by atoms with Gasteiger partial charge >= 0.3 is 5.97 Å². The van der Waals surface area contributed by atoms with Crippen LogP contribution in [0.1, 0.15) is 47.9 Å². The molecular weight excluding hydrogens is 747 g/mol. The number of benzene rings is 3. The van der Waals surface area contributed by atoms with Crippen LogP contribution < -0.4 is 21.3 Å². The number of nitrogens with one attached hydrogen (secondary N) is 4. The first-order valence-corrected chi connectivity index (χ1v) is 20.2. The van der Waals surface area contributed by atoms with Gasteiger partial charge in [0.25, 0.3) is 0 Å². The third-order valence-electron chi connectivity index (χ3n) is 9.76. The van der Waals surface area contributed by atoms with Crippen LogP contribution in [0.15, 0.2) is 128 Å². The largest absolute Gasteiger partial charge is 0.456 e. The molecule has 0 bridgehead atoms. The molecule has 11 nitrogen and oxygen atoms in total. The SMILES string of the molecule is O=C1C[C@@H](/C=C/CCSC(c2ccccc2)(c2ccccc2)c2ccccc2)OC(=O)CNC(=O)C2(CC2)NC(=O)[C@@H](CS)NC(=O)[C@@H](Cc2ccncc2)N1. The first-order valence-electron chi connectivity index (χ1n) is 18.6. The van der Waals surface area contributed by atoms with Crippen molar-refractivity contribution in [3.8, 4) is 0 Å². The highest BCUT2D eigenvalue weighted by molar-refractivity contribution is 8.00. The fourth-order valence-corrected chi connectivity index (χ4v) is 8.43. The molecule has 0 radical (unpaired) electrons. The number of allylic oxidation sites excluding steroid dienone is 1. The van der Waals surface area contributed by atoms with E-state index in [4.69, 9.17) is 4.74 Å². The Morgan fingerprint density at radius 3 is 1.93 bits per heavy atom. The van der Waals surface area contributed by atoms with Gasteiger partial charge in [-0.15, -0.1) is 11.8 Å². The quantitative estimate of drug-likeness (QED) is 0.0496. The number of aromatic nitrogens is 1. The zero-order valence-electron chi connectivity index (χ0n) is 30.8. The van der Waals surface area contributed by atoms with Gasteiger partial charge in [-0.3, -0.25) is 29.0 Å². The summed E-state index contributed by atoms with van der Waals surface area (Å²) < 4.78 is 5.22. The molecule has 2 fully saturated rings. The number of esters is 1. The Kier molecular flexibility index (Phi) is 13.6. The van der Waals surface area contributed by atoms with Crippen molar-refractivity contribution in [3.63, 3.8) is 0 Å². The third-order valence-corrected chi connectivity index (χ3v) is 11.7. The zero-order valence-corrected chi connectivity index (χ0v) is 32.5. The van der Waals surface area contributed by atoms with Crippen molar-refractivity contribution in [2.24, 2.45) is 0 Å². The summed E-state index contributed by atoms with van der Waals surface area (Å²) in [5, 5.41) is 10.8. The Balaban J connectivity index is 1.22. The van der Waals surface area contributed by atoms with Crippen molar-refractivity contribution in [1.29, 1.82) is 0 Å². The summed E-state index contributed by atoms with van der Waals surface area (Å²) in [5.74, 6) is -2.41. The van der Waals surface area contributed by atoms with Gasteiger partial charge in [-0.2, -0.15) is 12.6 Å². The second-order valence-corrected chi connectivity index (χ2v) is 15.4. The fourth-order valence-electron chi connectivity index (χ4n) is 6.70. The van der Waals surface area contributed by atoms with Gasteiger partial charge in [-0.1, -0.05) is 97.1 Å². The van der Waals surface area contributed by atoms with Crippen molar-refractivity contribution in [3.05, 3.63) is 150 Å². The first kappa shape index (κ1) is 40.3. The molecule has 3 atom stereocenters. The number of thioether (sulfide) groups is 1. The lowest BCUT2D eigenvalue weighted by molar-refractivity contribution is -0.148. The maximum absolute atomic E-state index is 13.6.